The van der Waals surface area contributed by atoms with Crippen LogP contribution in [0.25, 0.3) is 0 Å². The number of nitrogens with zero attached hydrogens (tertiary/aromatic N) is 3. The molecule has 1 saturated carbocycles. The highest BCUT2D eigenvalue weighted by molar-refractivity contribution is 5.76. The van der Waals surface area contributed by atoms with Crippen molar-refractivity contribution in [2.75, 3.05) is 7.05 Å². The monoisotopic (exact) mass is 194 g/mol. The van der Waals surface area contributed by atoms with Crippen molar-refractivity contribution in [3.05, 3.63) is 18.7 Å². The summed E-state index contributed by atoms with van der Waals surface area (Å²) in [6.45, 7) is 0. The van der Waals surface area contributed by atoms with Crippen LogP contribution in [0.3, 0.4) is 0 Å². The molecule has 1 aliphatic rings. The molecule has 76 valence electrons. The fourth-order valence-electron chi connectivity index (χ4n) is 1.68. The zero-order valence-electron chi connectivity index (χ0n) is 8.68. The average Bonchev–Trinajstić information content (AvgIpc) is 2.47. The molecule has 1 aromatic rings. The lowest BCUT2D eigenvalue weighted by molar-refractivity contribution is -0.670. The van der Waals surface area contributed by atoms with Crippen molar-refractivity contribution in [3.63, 3.8) is 0 Å². The Labute approximate surface area is 83.8 Å². The van der Waals surface area contributed by atoms with Crippen LogP contribution in [0.4, 0.5) is 4.79 Å². The molecule has 14 heavy (non-hydrogen) atoms. The van der Waals surface area contributed by atoms with Crippen molar-refractivity contribution in [2.45, 2.75) is 25.3 Å². The molecule has 0 N–H and O–H groups in total. The second-order valence-corrected chi connectivity index (χ2v) is 3.96. The summed E-state index contributed by atoms with van der Waals surface area (Å²) in [5.74, 6) is 0. The zero-order valence-corrected chi connectivity index (χ0v) is 8.68. The van der Waals surface area contributed by atoms with E-state index in [0.29, 0.717) is 6.04 Å². The Hall–Kier alpha value is -1.32. The number of carbonyl (C=O) groups is 1. The molecule has 2 rings (SSSR count). The molecule has 0 saturated heterocycles. The fourth-order valence-corrected chi connectivity index (χ4v) is 1.68. The minimum absolute atomic E-state index is 0.0651. The lowest BCUT2D eigenvalue weighted by Gasteiger charge is -2.32. The molecule has 1 heterocycles. The van der Waals surface area contributed by atoms with E-state index in [9.17, 15) is 4.79 Å². The smallest absolute Gasteiger partial charge is 0.304 e. The van der Waals surface area contributed by atoms with Gasteiger partial charge in [-0.15, -0.1) is 0 Å². The first-order chi connectivity index (χ1) is 6.68. The van der Waals surface area contributed by atoms with Gasteiger partial charge in [-0.2, -0.15) is 4.57 Å². The highest BCUT2D eigenvalue weighted by Gasteiger charge is 2.28. The van der Waals surface area contributed by atoms with Gasteiger partial charge in [-0.25, -0.2) is 9.36 Å². The minimum Gasteiger partial charge on any atom is -0.304 e. The minimum atomic E-state index is 0.0651. The first-order valence-electron chi connectivity index (χ1n) is 4.99. The summed E-state index contributed by atoms with van der Waals surface area (Å²) in [7, 11) is 3.79. The van der Waals surface area contributed by atoms with Gasteiger partial charge in [-0.1, -0.05) is 0 Å². The van der Waals surface area contributed by atoms with Gasteiger partial charge in [-0.05, 0) is 19.3 Å². The van der Waals surface area contributed by atoms with E-state index in [2.05, 4.69) is 0 Å². The molecule has 1 amide bonds. The van der Waals surface area contributed by atoms with Crippen molar-refractivity contribution >= 4 is 6.03 Å². The van der Waals surface area contributed by atoms with Crippen LogP contribution in [0, 0.1) is 0 Å². The maximum atomic E-state index is 11.9. The van der Waals surface area contributed by atoms with Crippen LogP contribution in [-0.2, 0) is 7.05 Å². The van der Waals surface area contributed by atoms with Gasteiger partial charge in [0.25, 0.3) is 6.33 Å². The molecule has 1 aliphatic carbocycles. The number of imidazole rings is 1. The Kier molecular flexibility index (Phi) is 2.27. The summed E-state index contributed by atoms with van der Waals surface area (Å²) < 4.78 is 3.49. The lowest BCUT2D eigenvalue weighted by Crippen LogP contribution is -2.43. The molecule has 1 fully saturated rings. The maximum Gasteiger partial charge on any atom is 0.415 e. The Bertz CT molecular complexity index is 341. The number of aryl methyl sites for hydroxylation is 1. The summed E-state index contributed by atoms with van der Waals surface area (Å²) in [6.07, 6.45) is 8.99. The van der Waals surface area contributed by atoms with Gasteiger partial charge in [0.1, 0.15) is 12.4 Å². The van der Waals surface area contributed by atoms with Gasteiger partial charge in [-0.3, -0.25) is 0 Å². The third kappa shape index (κ3) is 1.52. The van der Waals surface area contributed by atoms with Crippen molar-refractivity contribution in [1.82, 2.24) is 9.47 Å². The molecule has 4 nitrogen and oxygen atoms in total. The highest BCUT2D eigenvalue weighted by atomic mass is 16.2. The van der Waals surface area contributed by atoms with Crippen molar-refractivity contribution in [2.24, 2.45) is 7.05 Å². The largest absolute Gasteiger partial charge is 0.415 e. The van der Waals surface area contributed by atoms with Crippen molar-refractivity contribution < 1.29 is 9.36 Å². The van der Waals surface area contributed by atoms with E-state index in [4.69, 9.17) is 0 Å². The maximum absolute atomic E-state index is 11.9. The molecular formula is C10H16N3O+. The number of aromatic nitrogens is 2. The lowest BCUT2D eigenvalue weighted by atomic mass is 9.92. The van der Waals surface area contributed by atoms with Crippen LogP contribution in [-0.4, -0.2) is 28.6 Å². The molecule has 0 radical (unpaired) electrons. The van der Waals surface area contributed by atoms with E-state index in [-0.39, 0.29) is 6.03 Å². The molecule has 0 aromatic carbocycles. The van der Waals surface area contributed by atoms with Crippen molar-refractivity contribution in [3.8, 4) is 0 Å². The summed E-state index contributed by atoms with van der Waals surface area (Å²) in [6, 6.07) is 0.519. The van der Waals surface area contributed by atoms with Gasteiger partial charge in [0.05, 0.1) is 7.05 Å². The predicted molar refractivity (Wildman–Crippen MR) is 51.8 cm³/mol. The van der Waals surface area contributed by atoms with Crippen LogP contribution in [0.5, 0.6) is 0 Å². The van der Waals surface area contributed by atoms with E-state index in [1.165, 1.54) is 6.42 Å². The summed E-state index contributed by atoms with van der Waals surface area (Å²) >= 11 is 0. The Morgan fingerprint density at radius 2 is 2.29 bits per heavy atom. The predicted octanol–water partition coefficient (Wildman–Crippen LogP) is 0.765. The van der Waals surface area contributed by atoms with E-state index in [1.54, 1.807) is 17.1 Å². The number of hydrogen-bond donors (Lipinski definition) is 0. The van der Waals surface area contributed by atoms with Gasteiger partial charge in [0.2, 0.25) is 0 Å². The molecule has 0 unspecified atom stereocenters. The van der Waals surface area contributed by atoms with Crippen LogP contribution in [0.15, 0.2) is 18.7 Å². The van der Waals surface area contributed by atoms with E-state index in [0.717, 1.165) is 12.8 Å². The molecule has 0 bridgehead atoms. The molecule has 1 aromatic heterocycles. The zero-order chi connectivity index (χ0) is 10.1. The quantitative estimate of drug-likeness (QED) is 0.607. The third-order valence-corrected chi connectivity index (χ3v) is 2.91. The van der Waals surface area contributed by atoms with Gasteiger partial charge >= 0.3 is 6.03 Å². The van der Waals surface area contributed by atoms with E-state index in [1.807, 2.05) is 29.8 Å². The first kappa shape index (κ1) is 9.24. The number of amides is 1. The molecule has 0 spiro atoms. The Balaban J connectivity index is 2.07. The molecule has 0 atom stereocenters. The number of rotatable bonds is 1. The average molecular weight is 194 g/mol. The van der Waals surface area contributed by atoms with Crippen molar-refractivity contribution in [1.29, 1.82) is 0 Å². The van der Waals surface area contributed by atoms with Gasteiger partial charge < -0.3 is 4.90 Å². The molecule has 4 heteroatoms. The molecule has 0 aliphatic heterocycles. The first-order valence-corrected chi connectivity index (χ1v) is 4.99. The Morgan fingerprint density at radius 3 is 2.71 bits per heavy atom. The summed E-state index contributed by atoms with van der Waals surface area (Å²) in [5.41, 5.74) is 0. The van der Waals surface area contributed by atoms with Crippen LogP contribution >= 0.6 is 0 Å². The number of carbonyl (C=O) groups excluding carboxylic acids is 1. The van der Waals surface area contributed by atoms with Crippen LogP contribution in [0.1, 0.15) is 19.3 Å². The van der Waals surface area contributed by atoms with Gasteiger partial charge in [0.15, 0.2) is 0 Å². The van der Waals surface area contributed by atoms with Crippen LogP contribution < -0.4 is 4.57 Å². The highest BCUT2D eigenvalue weighted by Crippen LogP contribution is 2.23. The van der Waals surface area contributed by atoms with Crippen LogP contribution in [0.2, 0.25) is 0 Å². The normalized spacial score (nSPS) is 16.4. The number of hydrogen-bond acceptors (Lipinski definition) is 1. The second-order valence-electron chi connectivity index (χ2n) is 3.96. The van der Waals surface area contributed by atoms with E-state index >= 15 is 0 Å². The second kappa shape index (κ2) is 3.44. The summed E-state index contributed by atoms with van der Waals surface area (Å²) in [4.78, 5) is 13.7. The standard InChI is InChI=1S/C10H16N3O/c1-11-6-7-13(8-11)10(14)12(2)9-4-3-5-9/h6-9H,3-5H2,1-2H3/q+1. The van der Waals surface area contributed by atoms with Gasteiger partial charge in [0, 0.05) is 13.1 Å². The molecular weight excluding hydrogens is 178 g/mol. The van der Waals surface area contributed by atoms with E-state index < -0.39 is 0 Å². The SMILES string of the molecule is CN(C(=O)n1cc[n+](C)c1)C1CCC1. The summed E-state index contributed by atoms with van der Waals surface area (Å²) in [5, 5.41) is 0. The third-order valence-electron chi connectivity index (χ3n) is 2.91. The topological polar surface area (TPSA) is 29.1 Å². The Morgan fingerprint density at radius 1 is 1.57 bits per heavy atom. The fraction of sp³-hybridized carbons (Fsp3) is 0.600.